The molecule has 2 heterocycles. The molecule has 4 nitrogen and oxygen atoms in total. The quantitative estimate of drug-likeness (QED) is 0.254. The Morgan fingerprint density at radius 1 is 0.909 bits per heavy atom. The minimum absolute atomic E-state index is 0.251. The van der Waals surface area contributed by atoms with Gasteiger partial charge < -0.3 is 4.98 Å². The first-order valence-electron chi connectivity index (χ1n) is 10.0. The summed E-state index contributed by atoms with van der Waals surface area (Å²) in [5, 5.41) is 0.348. The molecule has 2 aromatic heterocycles. The zero-order chi connectivity index (χ0) is 22.9. The molecule has 0 bridgehead atoms. The number of halogens is 3. The average molecular weight is 463 g/mol. The van der Waals surface area contributed by atoms with Crippen LogP contribution in [0.3, 0.4) is 0 Å². The highest BCUT2D eigenvalue weighted by atomic mass is 32.2. The van der Waals surface area contributed by atoms with E-state index in [4.69, 9.17) is 4.98 Å². The molecule has 1 N–H and O–H groups in total. The number of hydrogen-bond donors (Lipinski definition) is 1. The van der Waals surface area contributed by atoms with Crippen molar-refractivity contribution in [3.8, 4) is 16.8 Å². The van der Waals surface area contributed by atoms with Gasteiger partial charge in [-0.3, -0.25) is 9.36 Å². The normalized spacial score (nSPS) is 11.2. The van der Waals surface area contributed by atoms with Crippen molar-refractivity contribution in [1.82, 2.24) is 14.5 Å². The van der Waals surface area contributed by atoms with E-state index < -0.39 is 17.5 Å². The van der Waals surface area contributed by atoms with Gasteiger partial charge in [-0.25, -0.2) is 18.2 Å². The van der Waals surface area contributed by atoms with Crippen LogP contribution in [0.4, 0.5) is 13.2 Å². The smallest absolute Gasteiger partial charge is 0.283 e. The third-order valence-corrected chi connectivity index (χ3v) is 6.20. The molecule has 0 saturated heterocycles. The van der Waals surface area contributed by atoms with Crippen LogP contribution in [0.15, 0.2) is 88.9 Å². The van der Waals surface area contributed by atoms with E-state index in [2.05, 4.69) is 4.98 Å². The predicted molar refractivity (Wildman–Crippen MR) is 123 cm³/mol. The van der Waals surface area contributed by atoms with Crippen molar-refractivity contribution in [2.45, 2.75) is 10.9 Å². The summed E-state index contributed by atoms with van der Waals surface area (Å²) in [6.45, 7) is 0. The molecule has 3 aromatic carbocycles. The molecule has 0 aliphatic carbocycles. The minimum atomic E-state index is -0.940. The second-order valence-electron chi connectivity index (χ2n) is 7.34. The van der Waals surface area contributed by atoms with Crippen molar-refractivity contribution in [3.05, 3.63) is 112 Å². The van der Waals surface area contributed by atoms with Crippen LogP contribution in [0.1, 0.15) is 5.56 Å². The first kappa shape index (κ1) is 21.1. The SMILES string of the molecule is O=c1c2[nH]cc(-c3ccccc3)c2nc(SCc2ccc(F)c(F)c2)n1-c1ccc(F)cc1. The summed E-state index contributed by atoms with van der Waals surface area (Å²) in [7, 11) is 0. The lowest BCUT2D eigenvalue weighted by molar-refractivity contribution is 0.507. The van der Waals surface area contributed by atoms with Gasteiger partial charge in [-0.2, -0.15) is 0 Å². The second-order valence-corrected chi connectivity index (χ2v) is 8.28. The Balaban J connectivity index is 1.66. The van der Waals surface area contributed by atoms with E-state index in [1.165, 1.54) is 46.7 Å². The maximum absolute atomic E-state index is 13.7. The van der Waals surface area contributed by atoms with E-state index in [1.807, 2.05) is 30.3 Å². The summed E-state index contributed by atoms with van der Waals surface area (Å²) in [4.78, 5) is 21.2. The molecule has 164 valence electrons. The largest absolute Gasteiger partial charge is 0.355 e. The second kappa shape index (κ2) is 8.63. The number of benzene rings is 3. The topological polar surface area (TPSA) is 50.7 Å². The van der Waals surface area contributed by atoms with Gasteiger partial charge in [0.1, 0.15) is 16.9 Å². The van der Waals surface area contributed by atoms with Crippen molar-refractivity contribution in [2.24, 2.45) is 0 Å². The van der Waals surface area contributed by atoms with E-state index in [-0.39, 0.29) is 11.3 Å². The molecule has 0 unspecified atom stereocenters. The number of fused-ring (bicyclic) bond motifs is 1. The Bertz CT molecular complexity index is 1510. The monoisotopic (exact) mass is 463 g/mol. The number of rotatable bonds is 5. The van der Waals surface area contributed by atoms with Crippen molar-refractivity contribution >= 4 is 22.8 Å². The highest BCUT2D eigenvalue weighted by Gasteiger charge is 2.18. The molecule has 0 amide bonds. The van der Waals surface area contributed by atoms with Crippen LogP contribution in [0.2, 0.25) is 0 Å². The van der Waals surface area contributed by atoms with Gasteiger partial charge >= 0.3 is 0 Å². The van der Waals surface area contributed by atoms with E-state index >= 15 is 0 Å². The van der Waals surface area contributed by atoms with Crippen molar-refractivity contribution in [1.29, 1.82) is 0 Å². The summed E-state index contributed by atoms with van der Waals surface area (Å²) in [6.07, 6.45) is 1.73. The molecule has 5 rings (SSSR count). The van der Waals surface area contributed by atoms with E-state index in [9.17, 15) is 18.0 Å². The van der Waals surface area contributed by atoms with Crippen LogP contribution >= 0.6 is 11.8 Å². The Kier molecular flexibility index (Phi) is 5.51. The number of aromatic amines is 1. The van der Waals surface area contributed by atoms with E-state index in [0.717, 1.165) is 23.3 Å². The number of hydrogen-bond acceptors (Lipinski definition) is 3. The lowest BCUT2D eigenvalue weighted by atomic mass is 10.1. The van der Waals surface area contributed by atoms with Crippen molar-refractivity contribution in [2.75, 3.05) is 0 Å². The third kappa shape index (κ3) is 4.05. The van der Waals surface area contributed by atoms with Gasteiger partial charge in [-0.1, -0.05) is 48.2 Å². The van der Waals surface area contributed by atoms with Crippen LogP contribution in [0.5, 0.6) is 0 Å². The Morgan fingerprint density at radius 2 is 1.67 bits per heavy atom. The number of nitrogens with one attached hydrogen (secondary N) is 1. The molecule has 8 heteroatoms. The van der Waals surface area contributed by atoms with Gasteiger partial charge in [0.2, 0.25) is 0 Å². The van der Waals surface area contributed by atoms with Crippen LogP contribution in [0, 0.1) is 17.5 Å². The fourth-order valence-corrected chi connectivity index (χ4v) is 4.52. The van der Waals surface area contributed by atoms with E-state index in [1.54, 1.807) is 6.20 Å². The van der Waals surface area contributed by atoms with Gasteiger partial charge in [0.05, 0.1) is 5.69 Å². The molecule has 0 spiro atoms. The molecule has 0 radical (unpaired) electrons. The predicted octanol–water partition coefficient (Wildman–Crippen LogP) is 6.09. The molecule has 33 heavy (non-hydrogen) atoms. The van der Waals surface area contributed by atoms with Crippen LogP contribution in [0.25, 0.3) is 27.8 Å². The summed E-state index contributed by atoms with van der Waals surface area (Å²) in [6, 6.07) is 18.7. The highest BCUT2D eigenvalue weighted by molar-refractivity contribution is 7.98. The van der Waals surface area contributed by atoms with Crippen LogP contribution in [-0.4, -0.2) is 14.5 Å². The number of H-pyrrole nitrogens is 1. The fraction of sp³-hybridized carbons (Fsp3) is 0.0400. The molecule has 0 aliphatic heterocycles. The molecular weight excluding hydrogens is 447 g/mol. The Morgan fingerprint density at radius 3 is 2.39 bits per heavy atom. The standard InChI is InChI=1S/C25H16F3N3OS/c26-17-7-9-18(10-8-17)31-24(32)23-22(19(13-29-23)16-4-2-1-3-5-16)30-25(31)33-14-15-6-11-20(27)21(28)12-15/h1-13,29H,14H2. The minimum Gasteiger partial charge on any atom is -0.355 e. The number of nitrogens with zero attached hydrogens (tertiary/aromatic N) is 2. The number of aromatic nitrogens is 3. The number of thioether (sulfide) groups is 1. The van der Waals surface area contributed by atoms with Crippen LogP contribution in [-0.2, 0) is 5.75 Å². The van der Waals surface area contributed by atoms with Gasteiger partial charge in [0.25, 0.3) is 5.56 Å². The maximum Gasteiger partial charge on any atom is 0.283 e. The zero-order valence-electron chi connectivity index (χ0n) is 17.1. The average Bonchev–Trinajstić information content (AvgIpc) is 3.26. The van der Waals surface area contributed by atoms with Gasteiger partial charge in [0, 0.05) is 17.5 Å². The Hall–Kier alpha value is -3.78. The summed E-state index contributed by atoms with van der Waals surface area (Å²) < 4.78 is 41.9. The summed E-state index contributed by atoms with van der Waals surface area (Å²) in [5.41, 5.74) is 3.11. The van der Waals surface area contributed by atoms with E-state index in [0.29, 0.717) is 27.4 Å². The van der Waals surface area contributed by atoms with Gasteiger partial charge in [0.15, 0.2) is 16.8 Å². The lowest BCUT2D eigenvalue weighted by Crippen LogP contribution is -2.21. The van der Waals surface area contributed by atoms with Crippen LogP contribution < -0.4 is 5.56 Å². The fourth-order valence-electron chi connectivity index (χ4n) is 3.57. The zero-order valence-corrected chi connectivity index (χ0v) is 17.9. The van der Waals surface area contributed by atoms with Crippen molar-refractivity contribution < 1.29 is 13.2 Å². The molecule has 0 saturated carbocycles. The van der Waals surface area contributed by atoms with Gasteiger partial charge in [-0.05, 0) is 47.5 Å². The molecule has 0 aliphatic rings. The Labute approximate surface area is 190 Å². The third-order valence-electron chi connectivity index (χ3n) is 5.19. The maximum atomic E-state index is 13.7. The lowest BCUT2D eigenvalue weighted by Gasteiger charge is -2.13. The van der Waals surface area contributed by atoms with Gasteiger partial charge in [-0.15, -0.1) is 0 Å². The molecule has 5 aromatic rings. The summed E-state index contributed by atoms with van der Waals surface area (Å²) in [5.74, 6) is -2.04. The molecular formula is C25H16F3N3OS. The first-order valence-corrected chi connectivity index (χ1v) is 11.0. The van der Waals surface area contributed by atoms with Crippen molar-refractivity contribution in [3.63, 3.8) is 0 Å². The molecule has 0 atom stereocenters. The first-order chi connectivity index (χ1) is 16.0. The highest BCUT2D eigenvalue weighted by Crippen LogP contribution is 2.30. The summed E-state index contributed by atoms with van der Waals surface area (Å²) >= 11 is 1.21. The molecule has 0 fully saturated rings.